The van der Waals surface area contributed by atoms with E-state index in [-0.39, 0.29) is 24.5 Å². The van der Waals surface area contributed by atoms with Crippen LogP contribution in [0.2, 0.25) is 0 Å². The van der Waals surface area contributed by atoms with Crippen molar-refractivity contribution in [3.05, 3.63) is 48.0 Å². The fourth-order valence-electron chi connectivity index (χ4n) is 2.50. The van der Waals surface area contributed by atoms with Gasteiger partial charge in [0.2, 0.25) is 15.9 Å². The average Bonchev–Trinajstić information content (AvgIpc) is 2.69. The topological polar surface area (TPSA) is 94.2 Å². The molecule has 0 aliphatic heterocycles. The zero-order valence-corrected chi connectivity index (χ0v) is 17.1. The Labute approximate surface area is 165 Å². The molecule has 2 aromatic carbocycles. The molecule has 0 saturated carbocycles. The molecule has 0 aromatic heterocycles. The first kappa shape index (κ1) is 21.4. The maximum absolute atomic E-state index is 12.4. The second-order valence-electron chi connectivity index (χ2n) is 5.93. The molecule has 2 rings (SSSR count). The van der Waals surface area contributed by atoms with E-state index in [1.165, 1.54) is 20.3 Å². The Balaban J connectivity index is 2.15. The van der Waals surface area contributed by atoms with Gasteiger partial charge in [-0.05, 0) is 29.8 Å². The third-order valence-corrected chi connectivity index (χ3v) is 5.12. The van der Waals surface area contributed by atoms with Crippen LogP contribution in [0.25, 0.3) is 0 Å². The molecule has 28 heavy (non-hydrogen) atoms. The van der Waals surface area contributed by atoms with E-state index in [1.807, 2.05) is 12.1 Å². The third kappa shape index (κ3) is 5.53. The van der Waals surface area contributed by atoms with Crippen LogP contribution in [0.5, 0.6) is 17.2 Å². The van der Waals surface area contributed by atoms with Crippen LogP contribution in [-0.4, -0.2) is 48.5 Å². The van der Waals surface area contributed by atoms with Crippen molar-refractivity contribution in [2.45, 2.75) is 6.54 Å². The van der Waals surface area contributed by atoms with E-state index in [0.717, 1.165) is 16.1 Å². The minimum atomic E-state index is -3.72. The van der Waals surface area contributed by atoms with E-state index >= 15 is 0 Å². The Bertz CT molecular complexity index is 913. The molecule has 0 bridgehead atoms. The lowest BCUT2D eigenvalue weighted by atomic mass is 10.2. The second kappa shape index (κ2) is 9.32. The number of nitrogens with one attached hydrogen (secondary N) is 1. The molecule has 1 amide bonds. The first-order valence-corrected chi connectivity index (χ1v) is 10.2. The highest BCUT2D eigenvalue weighted by molar-refractivity contribution is 7.92. The van der Waals surface area contributed by atoms with Crippen molar-refractivity contribution in [3.8, 4) is 17.2 Å². The van der Waals surface area contributed by atoms with Gasteiger partial charge in [0.05, 0.1) is 33.3 Å². The van der Waals surface area contributed by atoms with Crippen molar-refractivity contribution in [1.82, 2.24) is 5.32 Å². The molecule has 152 valence electrons. The summed E-state index contributed by atoms with van der Waals surface area (Å²) in [5.74, 6) is 1.06. The van der Waals surface area contributed by atoms with Gasteiger partial charge >= 0.3 is 0 Å². The number of carbonyl (C=O) groups is 1. The molecule has 0 aliphatic carbocycles. The molecule has 1 N–H and O–H groups in total. The number of carbonyl (C=O) groups excluding carboxylic acids is 1. The first-order chi connectivity index (χ1) is 13.3. The number of methoxy groups -OCH3 is 3. The molecule has 2 aromatic rings. The summed E-state index contributed by atoms with van der Waals surface area (Å²) in [5, 5.41) is 2.72. The number of rotatable bonds is 9. The van der Waals surface area contributed by atoms with Gasteiger partial charge in [-0.25, -0.2) is 8.42 Å². The lowest BCUT2D eigenvalue weighted by Gasteiger charge is -2.24. The summed E-state index contributed by atoms with van der Waals surface area (Å²) >= 11 is 0. The first-order valence-electron chi connectivity index (χ1n) is 8.38. The minimum absolute atomic E-state index is 0.255. The fraction of sp³-hybridized carbons (Fsp3) is 0.316. The summed E-state index contributed by atoms with van der Waals surface area (Å²) in [5.41, 5.74) is 1.12. The number of nitrogens with zero attached hydrogens (tertiary/aromatic N) is 1. The number of sulfonamides is 1. The van der Waals surface area contributed by atoms with Gasteiger partial charge in [0.25, 0.3) is 0 Å². The molecule has 0 heterocycles. The van der Waals surface area contributed by atoms with Crippen molar-refractivity contribution in [2.24, 2.45) is 0 Å². The van der Waals surface area contributed by atoms with Crippen molar-refractivity contribution in [1.29, 1.82) is 0 Å². The number of hydrogen-bond donors (Lipinski definition) is 1. The molecular formula is C19H24N2O6S. The lowest BCUT2D eigenvalue weighted by molar-refractivity contribution is -0.119. The molecule has 0 fully saturated rings. The van der Waals surface area contributed by atoms with Gasteiger partial charge in [0.1, 0.15) is 23.8 Å². The standard InChI is InChI=1S/C19H24N2O6S/c1-25-15-7-5-14(6-8-15)12-20-19(22)13-21(28(4,23)24)17-10-9-16(26-2)11-18(17)27-3/h5-11H,12-13H2,1-4H3,(H,20,22). The Morgan fingerprint density at radius 3 is 2.11 bits per heavy atom. The Morgan fingerprint density at radius 2 is 1.57 bits per heavy atom. The molecule has 0 atom stereocenters. The molecule has 0 saturated heterocycles. The zero-order chi connectivity index (χ0) is 20.7. The zero-order valence-electron chi connectivity index (χ0n) is 16.3. The van der Waals surface area contributed by atoms with Crippen LogP contribution in [0.4, 0.5) is 5.69 Å². The monoisotopic (exact) mass is 408 g/mol. The van der Waals surface area contributed by atoms with Gasteiger partial charge in [-0.2, -0.15) is 0 Å². The highest BCUT2D eigenvalue weighted by atomic mass is 32.2. The Hall–Kier alpha value is -2.94. The van der Waals surface area contributed by atoms with E-state index in [0.29, 0.717) is 11.5 Å². The molecule has 0 aliphatic rings. The Kier molecular flexibility index (Phi) is 7.11. The highest BCUT2D eigenvalue weighted by Gasteiger charge is 2.24. The van der Waals surface area contributed by atoms with Crippen LogP contribution in [0.3, 0.4) is 0 Å². The van der Waals surface area contributed by atoms with Crippen molar-refractivity contribution >= 4 is 21.6 Å². The highest BCUT2D eigenvalue weighted by Crippen LogP contribution is 2.33. The van der Waals surface area contributed by atoms with E-state index in [2.05, 4.69) is 5.32 Å². The fourth-order valence-corrected chi connectivity index (χ4v) is 3.36. The number of amides is 1. The van der Waals surface area contributed by atoms with Gasteiger partial charge in [-0.3, -0.25) is 9.10 Å². The lowest BCUT2D eigenvalue weighted by Crippen LogP contribution is -2.40. The van der Waals surface area contributed by atoms with E-state index in [9.17, 15) is 13.2 Å². The average molecular weight is 408 g/mol. The Morgan fingerprint density at radius 1 is 0.964 bits per heavy atom. The number of hydrogen-bond acceptors (Lipinski definition) is 6. The molecular weight excluding hydrogens is 384 g/mol. The second-order valence-corrected chi connectivity index (χ2v) is 7.84. The van der Waals surface area contributed by atoms with Crippen molar-refractivity contribution in [3.63, 3.8) is 0 Å². The normalized spacial score (nSPS) is 10.9. The molecule has 0 unspecified atom stereocenters. The minimum Gasteiger partial charge on any atom is -0.497 e. The molecule has 0 spiro atoms. The smallest absolute Gasteiger partial charge is 0.241 e. The van der Waals surface area contributed by atoms with Crippen LogP contribution in [0.1, 0.15) is 5.56 Å². The van der Waals surface area contributed by atoms with Crippen LogP contribution in [-0.2, 0) is 21.4 Å². The van der Waals surface area contributed by atoms with Gasteiger partial charge < -0.3 is 19.5 Å². The summed E-state index contributed by atoms with van der Waals surface area (Å²) in [4.78, 5) is 12.4. The maximum Gasteiger partial charge on any atom is 0.241 e. The summed E-state index contributed by atoms with van der Waals surface area (Å²) in [6.07, 6.45) is 1.04. The van der Waals surface area contributed by atoms with Gasteiger partial charge in [-0.15, -0.1) is 0 Å². The summed E-state index contributed by atoms with van der Waals surface area (Å²) in [7, 11) is 0.766. The van der Waals surface area contributed by atoms with Gasteiger partial charge in [-0.1, -0.05) is 12.1 Å². The summed E-state index contributed by atoms with van der Waals surface area (Å²) in [6, 6.07) is 11.9. The van der Waals surface area contributed by atoms with E-state index in [1.54, 1.807) is 31.4 Å². The SMILES string of the molecule is COc1ccc(CNC(=O)CN(c2ccc(OC)cc2OC)S(C)(=O)=O)cc1. The predicted octanol–water partition coefficient (Wildman–Crippen LogP) is 1.79. The summed E-state index contributed by atoms with van der Waals surface area (Å²) in [6.45, 7) is -0.113. The molecule has 8 nitrogen and oxygen atoms in total. The number of ether oxygens (including phenoxy) is 3. The number of anilines is 1. The van der Waals surface area contributed by atoms with Crippen LogP contribution in [0.15, 0.2) is 42.5 Å². The van der Waals surface area contributed by atoms with Gasteiger partial charge in [0, 0.05) is 12.6 Å². The van der Waals surface area contributed by atoms with E-state index in [4.69, 9.17) is 14.2 Å². The number of benzene rings is 2. The maximum atomic E-state index is 12.4. The van der Waals surface area contributed by atoms with Crippen LogP contribution >= 0.6 is 0 Å². The molecule has 0 radical (unpaired) electrons. The van der Waals surface area contributed by atoms with Gasteiger partial charge in [0.15, 0.2) is 0 Å². The largest absolute Gasteiger partial charge is 0.497 e. The van der Waals surface area contributed by atoms with Crippen molar-refractivity contribution < 1.29 is 27.4 Å². The third-order valence-electron chi connectivity index (χ3n) is 3.99. The van der Waals surface area contributed by atoms with E-state index < -0.39 is 15.9 Å². The van der Waals surface area contributed by atoms with Crippen LogP contribution < -0.4 is 23.8 Å². The summed E-state index contributed by atoms with van der Waals surface area (Å²) < 4.78 is 41.0. The predicted molar refractivity (Wildman–Crippen MR) is 107 cm³/mol. The quantitative estimate of drug-likeness (QED) is 0.680. The molecule has 9 heteroatoms. The van der Waals surface area contributed by atoms with Crippen LogP contribution in [0, 0.1) is 0 Å². The van der Waals surface area contributed by atoms with Crippen molar-refractivity contribution in [2.75, 3.05) is 38.4 Å².